The first kappa shape index (κ1) is 30.8. The summed E-state index contributed by atoms with van der Waals surface area (Å²) in [5, 5.41) is 13.7. The van der Waals surface area contributed by atoms with Gasteiger partial charge in [-0.2, -0.15) is 5.10 Å². The predicted octanol–water partition coefficient (Wildman–Crippen LogP) is 5.02. The number of para-hydroxylation sites is 3. The monoisotopic (exact) mass is 596 g/mol. The minimum absolute atomic E-state index is 0.0592. The third kappa shape index (κ3) is 7.59. The lowest BCUT2D eigenvalue weighted by Gasteiger charge is -2.14. The fraction of sp³-hybridized carbons (Fsp3) is 0.0909. The topological polar surface area (TPSA) is 142 Å². The summed E-state index contributed by atoms with van der Waals surface area (Å²) >= 11 is 0. The number of nitrogens with zero attached hydrogens (tertiary/aromatic N) is 1. The Balaban J connectivity index is 1.44. The van der Waals surface area contributed by atoms with Crippen LogP contribution in [0.15, 0.2) is 96.1 Å². The molecule has 0 spiro atoms. The second-order valence-corrected chi connectivity index (χ2v) is 8.85. The highest BCUT2D eigenvalue weighted by Gasteiger charge is 2.19. The number of hydrogen-bond acceptors (Lipinski definition) is 10. The summed E-state index contributed by atoms with van der Waals surface area (Å²) < 4.78 is 27.0. The Kier molecular flexibility index (Phi) is 10.3. The van der Waals surface area contributed by atoms with E-state index in [0.717, 1.165) is 0 Å². The van der Waals surface area contributed by atoms with Crippen LogP contribution >= 0.6 is 0 Å². The fourth-order valence-electron chi connectivity index (χ4n) is 3.94. The number of hydrogen-bond donors (Lipinski definition) is 2. The van der Waals surface area contributed by atoms with Gasteiger partial charge in [0.25, 0.3) is 5.91 Å². The van der Waals surface area contributed by atoms with Crippen molar-refractivity contribution in [3.63, 3.8) is 0 Å². The first-order valence-electron chi connectivity index (χ1n) is 13.1. The second kappa shape index (κ2) is 14.7. The molecule has 0 aliphatic heterocycles. The van der Waals surface area contributed by atoms with Crippen LogP contribution in [-0.2, 0) is 4.79 Å². The number of phenols is 1. The SMILES string of the molecule is COc1cc(C(=O)Oc2ccccc2/C=C/C(=O)Oc2ccccc2/C=N/NC(=O)c2ccccc2O)cc(OC)c1OC. The predicted molar refractivity (Wildman–Crippen MR) is 162 cm³/mol. The number of amides is 1. The van der Waals surface area contributed by atoms with Gasteiger partial charge in [0.05, 0.1) is 38.7 Å². The van der Waals surface area contributed by atoms with Crippen molar-refractivity contribution in [2.24, 2.45) is 5.10 Å². The largest absolute Gasteiger partial charge is 0.507 e. The van der Waals surface area contributed by atoms with Gasteiger partial charge in [-0.05, 0) is 48.5 Å². The quantitative estimate of drug-likeness (QED) is 0.0802. The van der Waals surface area contributed by atoms with E-state index in [0.29, 0.717) is 16.9 Å². The van der Waals surface area contributed by atoms with Crippen molar-refractivity contribution in [3.05, 3.63) is 113 Å². The molecule has 0 fully saturated rings. The van der Waals surface area contributed by atoms with Crippen molar-refractivity contribution in [1.82, 2.24) is 5.43 Å². The Labute approximate surface area is 252 Å². The second-order valence-electron chi connectivity index (χ2n) is 8.85. The first-order chi connectivity index (χ1) is 21.3. The Morgan fingerprint density at radius 3 is 1.95 bits per heavy atom. The maximum absolute atomic E-state index is 13.0. The highest BCUT2D eigenvalue weighted by molar-refractivity contribution is 5.98. The smallest absolute Gasteiger partial charge is 0.343 e. The van der Waals surface area contributed by atoms with Gasteiger partial charge in [-0.25, -0.2) is 15.0 Å². The van der Waals surface area contributed by atoms with Gasteiger partial charge in [0.15, 0.2) is 11.5 Å². The van der Waals surface area contributed by atoms with Gasteiger partial charge >= 0.3 is 11.9 Å². The molecular formula is C33H28N2O9. The molecule has 0 aliphatic carbocycles. The summed E-state index contributed by atoms with van der Waals surface area (Å²) in [7, 11) is 4.33. The van der Waals surface area contributed by atoms with Crippen LogP contribution in [0.3, 0.4) is 0 Å². The Morgan fingerprint density at radius 1 is 0.727 bits per heavy atom. The summed E-state index contributed by atoms with van der Waals surface area (Å²) in [6, 6.07) is 22.2. The lowest BCUT2D eigenvalue weighted by Crippen LogP contribution is -2.17. The number of nitrogens with one attached hydrogen (secondary N) is 1. The van der Waals surface area contributed by atoms with Crippen molar-refractivity contribution < 1.29 is 43.2 Å². The zero-order valence-electron chi connectivity index (χ0n) is 24.0. The van der Waals surface area contributed by atoms with Gasteiger partial charge < -0.3 is 28.8 Å². The number of carbonyl (C=O) groups is 3. The molecule has 0 aromatic heterocycles. The van der Waals surface area contributed by atoms with E-state index in [1.54, 1.807) is 60.7 Å². The number of benzene rings is 4. The number of methoxy groups -OCH3 is 3. The summed E-state index contributed by atoms with van der Waals surface area (Å²) in [6.45, 7) is 0. The molecule has 11 nitrogen and oxygen atoms in total. The number of carbonyl (C=O) groups excluding carboxylic acids is 3. The van der Waals surface area contributed by atoms with E-state index in [1.165, 1.54) is 64.0 Å². The number of aromatic hydroxyl groups is 1. The van der Waals surface area contributed by atoms with E-state index in [-0.39, 0.29) is 39.9 Å². The number of ether oxygens (including phenoxy) is 5. The Morgan fingerprint density at radius 2 is 1.32 bits per heavy atom. The van der Waals surface area contributed by atoms with Crippen molar-refractivity contribution in [2.75, 3.05) is 21.3 Å². The zero-order chi connectivity index (χ0) is 31.5. The standard InChI is InChI=1S/C33H28N2O9/c1-40-28-18-23(19-29(41-2)31(28)42-3)33(39)44-26-14-8-4-10-21(26)16-17-30(37)43-27-15-9-5-11-22(27)20-34-35-32(38)24-12-6-7-13-25(24)36/h4-20,36H,1-3H3,(H,35,38)/b17-16+,34-20+. The van der Waals surface area contributed by atoms with E-state index >= 15 is 0 Å². The van der Waals surface area contributed by atoms with Crippen LogP contribution in [0, 0.1) is 0 Å². The Hall–Kier alpha value is -6.10. The highest BCUT2D eigenvalue weighted by Crippen LogP contribution is 2.38. The molecule has 0 radical (unpaired) electrons. The van der Waals surface area contributed by atoms with Gasteiger partial charge in [0.2, 0.25) is 5.75 Å². The van der Waals surface area contributed by atoms with E-state index in [2.05, 4.69) is 10.5 Å². The van der Waals surface area contributed by atoms with Crippen LogP contribution < -0.4 is 29.1 Å². The molecule has 0 bridgehead atoms. The molecule has 2 N–H and O–H groups in total. The van der Waals surface area contributed by atoms with Crippen molar-refractivity contribution in [3.8, 4) is 34.5 Å². The summed E-state index contributed by atoms with van der Waals surface area (Å²) in [4.78, 5) is 38.0. The molecule has 11 heteroatoms. The molecule has 224 valence electrons. The number of hydrazone groups is 1. The summed E-state index contributed by atoms with van der Waals surface area (Å²) in [5.41, 5.74) is 3.39. The molecule has 1 amide bonds. The maximum Gasteiger partial charge on any atom is 0.343 e. The Bertz CT molecular complexity index is 1710. The number of rotatable bonds is 11. The van der Waals surface area contributed by atoms with Crippen LogP contribution in [0.4, 0.5) is 0 Å². The fourth-order valence-corrected chi connectivity index (χ4v) is 3.94. The molecule has 0 aliphatic rings. The van der Waals surface area contributed by atoms with Gasteiger partial charge in [0.1, 0.15) is 17.2 Å². The van der Waals surface area contributed by atoms with Crippen LogP contribution in [0.2, 0.25) is 0 Å². The highest BCUT2D eigenvalue weighted by atomic mass is 16.5. The van der Waals surface area contributed by atoms with Crippen molar-refractivity contribution >= 4 is 30.1 Å². The first-order valence-corrected chi connectivity index (χ1v) is 13.1. The molecular weight excluding hydrogens is 568 g/mol. The van der Waals surface area contributed by atoms with Crippen molar-refractivity contribution in [2.45, 2.75) is 0 Å². The van der Waals surface area contributed by atoms with E-state index < -0.39 is 17.8 Å². The number of esters is 2. The molecule has 4 rings (SSSR count). The third-order valence-corrected chi connectivity index (χ3v) is 6.07. The van der Waals surface area contributed by atoms with Crippen LogP contribution in [0.5, 0.6) is 34.5 Å². The van der Waals surface area contributed by atoms with E-state index in [1.807, 2.05) is 0 Å². The van der Waals surface area contributed by atoms with Gasteiger partial charge in [-0.3, -0.25) is 4.79 Å². The minimum atomic E-state index is -0.713. The van der Waals surface area contributed by atoms with Crippen LogP contribution in [0.25, 0.3) is 6.08 Å². The van der Waals surface area contributed by atoms with Gasteiger partial charge in [0, 0.05) is 17.2 Å². The lowest BCUT2D eigenvalue weighted by atomic mass is 10.1. The number of phenolic OH excluding ortho intramolecular Hbond substituents is 1. The molecule has 0 saturated carbocycles. The maximum atomic E-state index is 13.0. The normalized spacial score (nSPS) is 10.8. The van der Waals surface area contributed by atoms with Gasteiger partial charge in [-0.15, -0.1) is 0 Å². The van der Waals surface area contributed by atoms with Gasteiger partial charge in [-0.1, -0.05) is 42.5 Å². The molecule has 4 aromatic carbocycles. The van der Waals surface area contributed by atoms with E-state index in [9.17, 15) is 19.5 Å². The van der Waals surface area contributed by atoms with E-state index in [4.69, 9.17) is 23.7 Å². The third-order valence-electron chi connectivity index (χ3n) is 6.07. The molecule has 4 aromatic rings. The molecule has 0 heterocycles. The average molecular weight is 597 g/mol. The molecule has 0 saturated heterocycles. The van der Waals surface area contributed by atoms with Crippen LogP contribution in [-0.4, -0.2) is 50.5 Å². The van der Waals surface area contributed by atoms with Crippen molar-refractivity contribution in [1.29, 1.82) is 0 Å². The molecule has 0 atom stereocenters. The molecule has 0 unspecified atom stereocenters. The summed E-state index contributed by atoms with van der Waals surface area (Å²) in [5.74, 6) is -0.896. The lowest BCUT2D eigenvalue weighted by molar-refractivity contribution is -0.128. The molecule has 44 heavy (non-hydrogen) atoms. The minimum Gasteiger partial charge on any atom is -0.507 e. The average Bonchev–Trinajstić information content (AvgIpc) is 3.04. The summed E-state index contributed by atoms with van der Waals surface area (Å²) in [6.07, 6.45) is 3.94. The zero-order valence-corrected chi connectivity index (χ0v) is 24.0. The van der Waals surface area contributed by atoms with Crippen LogP contribution in [0.1, 0.15) is 31.8 Å².